The van der Waals surface area contributed by atoms with Gasteiger partial charge in [0.2, 0.25) is 5.91 Å². The molecule has 0 unspecified atom stereocenters. The molecule has 1 fully saturated rings. The summed E-state index contributed by atoms with van der Waals surface area (Å²) >= 11 is 0. The number of nitrogens with one attached hydrogen (secondary N) is 1. The van der Waals surface area contributed by atoms with Gasteiger partial charge in [0.05, 0.1) is 24.3 Å². The van der Waals surface area contributed by atoms with Gasteiger partial charge in [-0.05, 0) is 25.1 Å². The summed E-state index contributed by atoms with van der Waals surface area (Å²) < 4.78 is 18.9. The molecule has 0 aliphatic carbocycles. The number of nitrogens with zero attached hydrogens (tertiary/aromatic N) is 1. The molecule has 1 heterocycles. The van der Waals surface area contributed by atoms with Crippen molar-refractivity contribution in [2.75, 3.05) is 18.0 Å². The number of hydrogen-bond donors (Lipinski definition) is 1. The zero-order valence-electron chi connectivity index (χ0n) is 11.8. The molecule has 1 aromatic rings. The smallest absolute Gasteiger partial charge is 0.414 e. The van der Waals surface area contributed by atoms with E-state index in [1.54, 1.807) is 13.0 Å². The van der Waals surface area contributed by atoms with Gasteiger partial charge in [0.1, 0.15) is 11.9 Å². The minimum absolute atomic E-state index is 0.196. The fourth-order valence-corrected chi connectivity index (χ4v) is 2.00. The van der Waals surface area contributed by atoms with Crippen molar-refractivity contribution >= 4 is 17.7 Å². The molecule has 0 aromatic heterocycles. The lowest BCUT2D eigenvalue weighted by molar-refractivity contribution is -0.119. The van der Waals surface area contributed by atoms with Crippen molar-refractivity contribution in [1.29, 1.82) is 0 Å². The van der Waals surface area contributed by atoms with Crippen LogP contribution < -0.4 is 10.2 Å². The Balaban J connectivity index is 2.11. The Bertz CT molecular complexity index is 634. The van der Waals surface area contributed by atoms with E-state index in [1.165, 1.54) is 24.0 Å². The molecule has 2 rings (SSSR count). The van der Waals surface area contributed by atoms with Crippen LogP contribution in [0.3, 0.4) is 0 Å². The van der Waals surface area contributed by atoms with Crippen molar-refractivity contribution in [2.45, 2.75) is 20.0 Å². The Kier molecular flexibility index (Phi) is 4.43. The van der Waals surface area contributed by atoms with Crippen molar-refractivity contribution in [3.63, 3.8) is 0 Å². The summed E-state index contributed by atoms with van der Waals surface area (Å²) in [4.78, 5) is 24.0. The van der Waals surface area contributed by atoms with Gasteiger partial charge in [0.25, 0.3) is 0 Å². The average molecular weight is 290 g/mol. The van der Waals surface area contributed by atoms with Crippen LogP contribution in [-0.2, 0) is 9.53 Å². The average Bonchev–Trinajstić information content (AvgIpc) is 2.80. The van der Waals surface area contributed by atoms with Gasteiger partial charge in [-0.2, -0.15) is 0 Å². The summed E-state index contributed by atoms with van der Waals surface area (Å²) in [5.41, 5.74) is 0.688. The zero-order valence-corrected chi connectivity index (χ0v) is 11.8. The van der Waals surface area contributed by atoms with E-state index in [9.17, 15) is 14.0 Å². The van der Waals surface area contributed by atoms with E-state index in [0.717, 1.165) is 0 Å². The largest absolute Gasteiger partial charge is 0.442 e. The number of benzene rings is 1. The minimum atomic E-state index is -0.556. The van der Waals surface area contributed by atoms with Crippen LogP contribution in [0.4, 0.5) is 14.9 Å². The Hall–Kier alpha value is -2.55. The van der Waals surface area contributed by atoms with E-state index in [-0.39, 0.29) is 24.6 Å². The number of carbonyl (C=O) groups is 2. The number of hydrogen-bond acceptors (Lipinski definition) is 3. The fourth-order valence-electron chi connectivity index (χ4n) is 2.00. The molecule has 6 heteroatoms. The van der Waals surface area contributed by atoms with E-state index >= 15 is 0 Å². The van der Waals surface area contributed by atoms with Gasteiger partial charge in [-0.25, -0.2) is 9.18 Å². The summed E-state index contributed by atoms with van der Waals surface area (Å²) in [6.45, 7) is 3.51. The quantitative estimate of drug-likeness (QED) is 0.861. The third kappa shape index (κ3) is 3.51. The highest BCUT2D eigenvalue weighted by Gasteiger charge is 2.32. The van der Waals surface area contributed by atoms with Gasteiger partial charge in [-0.15, -0.1) is 5.92 Å². The number of carbonyl (C=O) groups excluding carboxylic acids is 2. The standard InChI is InChI=1S/C15H15FN2O3/c1-3-4-11-5-6-12(7-14(11)16)18-9-13(21-15(18)20)8-17-10(2)19/h5-7,13H,8-9H2,1-2H3,(H,17,19)/t13-/m0/s1. The molecule has 2 amide bonds. The molecule has 21 heavy (non-hydrogen) atoms. The van der Waals surface area contributed by atoms with Crippen LogP contribution in [0.1, 0.15) is 19.4 Å². The van der Waals surface area contributed by atoms with E-state index in [2.05, 4.69) is 17.2 Å². The second-order valence-electron chi connectivity index (χ2n) is 4.59. The summed E-state index contributed by atoms with van der Waals surface area (Å²) in [5.74, 6) is 4.58. The van der Waals surface area contributed by atoms with Crippen LogP contribution in [0, 0.1) is 17.7 Å². The number of amides is 2. The van der Waals surface area contributed by atoms with Gasteiger partial charge in [-0.1, -0.05) is 5.92 Å². The minimum Gasteiger partial charge on any atom is -0.442 e. The lowest BCUT2D eigenvalue weighted by Crippen LogP contribution is -2.33. The van der Waals surface area contributed by atoms with Crippen molar-refractivity contribution in [3.05, 3.63) is 29.6 Å². The molecular formula is C15H15FN2O3. The first-order valence-corrected chi connectivity index (χ1v) is 6.46. The molecule has 1 aliphatic rings. The Morgan fingerprint density at radius 2 is 2.33 bits per heavy atom. The molecule has 0 radical (unpaired) electrons. The highest BCUT2D eigenvalue weighted by molar-refractivity contribution is 5.89. The van der Waals surface area contributed by atoms with E-state index < -0.39 is 18.0 Å². The molecule has 0 spiro atoms. The van der Waals surface area contributed by atoms with Crippen LogP contribution in [-0.4, -0.2) is 31.2 Å². The second kappa shape index (κ2) is 6.27. The molecule has 1 aromatic carbocycles. The molecule has 110 valence electrons. The van der Waals surface area contributed by atoms with Gasteiger partial charge in [0.15, 0.2) is 0 Å². The number of ether oxygens (including phenoxy) is 1. The normalized spacial score (nSPS) is 17.0. The molecule has 1 saturated heterocycles. The predicted molar refractivity (Wildman–Crippen MR) is 75.3 cm³/mol. The van der Waals surface area contributed by atoms with E-state index in [4.69, 9.17) is 4.74 Å². The summed E-state index contributed by atoms with van der Waals surface area (Å²) in [5, 5.41) is 2.58. The molecule has 1 N–H and O–H groups in total. The fraction of sp³-hybridized carbons (Fsp3) is 0.333. The Morgan fingerprint density at radius 1 is 1.57 bits per heavy atom. The first-order valence-electron chi connectivity index (χ1n) is 6.46. The van der Waals surface area contributed by atoms with Crippen LogP contribution in [0.2, 0.25) is 0 Å². The van der Waals surface area contributed by atoms with Gasteiger partial charge >= 0.3 is 6.09 Å². The predicted octanol–water partition coefficient (Wildman–Crippen LogP) is 1.66. The first kappa shape index (κ1) is 14.9. The first-order chi connectivity index (χ1) is 10.0. The summed E-state index contributed by atoms with van der Waals surface area (Å²) in [7, 11) is 0. The maximum Gasteiger partial charge on any atom is 0.414 e. The topological polar surface area (TPSA) is 58.6 Å². The number of halogens is 1. The zero-order chi connectivity index (χ0) is 15.4. The number of rotatable bonds is 3. The maximum atomic E-state index is 13.8. The lowest BCUT2D eigenvalue weighted by atomic mass is 10.2. The van der Waals surface area contributed by atoms with E-state index in [1.807, 2.05) is 0 Å². The van der Waals surface area contributed by atoms with Crippen molar-refractivity contribution in [3.8, 4) is 11.8 Å². The highest BCUT2D eigenvalue weighted by Crippen LogP contribution is 2.23. The van der Waals surface area contributed by atoms with Crippen LogP contribution in [0.15, 0.2) is 18.2 Å². The van der Waals surface area contributed by atoms with Crippen LogP contribution >= 0.6 is 0 Å². The van der Waals surface area contributed by atoms with Crippen LogP contribution in [0.5, 0.6) is 0 Å². The van der Waals surface area contributed by atoms with Crippen molar-refractivity contribution in [1.82, 2.24) is 5.32 Å². The Morgan fingerprint density at radius 3 is 2.95 bits per heavy atom. The SMILES string of the molecule is CC#Cc1ccc(N2C[C@H](CNC(C)=O)OC2=O)cc1F. The second-order valence-corrected chi connectivity index (χ2v) is 4.59. The van der Waals surface area contributed by atoms with E-state index in [0.29, 0.717) is 5.69 Å². The number of anilines is 1. The highest BCUT2D eigenvalue weighted by atomic mass is 19.1. The Labute approximate surface area is 122 Å². The van der Waals surface area contributed by atoms with Gasteiger partial charge < -0.3 is 10.1 Å². The molecule has 5 nitrogen and oxygen atoms in total. The summed E-state index contributed by atoms with van der Waals surface area (Å²) in [6, 6.07) is 4.39. The van der Waals surface area contributed by atoms with Gasteiger partial charge in [-0.3, -0.25) is 9.69 Å². The molecule has 0 bridgehead atoms. The maximum absolute atomic E-state index is 13.8. The molecular weight excluding hydrogens is 275 g/mol. The van der Waals surface area contributed by atoms with Crippen molar-refractivity contribution in [2.24, 2.45) is 0 Å². The number of cyclic esters (lactones) is 1. The van der Waals surface area contributed by atoms with Crippen LogP contribution in [0.25, 0.3) is 0 Å². The summed E-state index contributed by atoms with van der Waals surface area (Å²) in [6.07, 6.45) is -1.00. The third-order valence-electron chi connectivity index (χ3n) is 2.98. The lowest BCUT2D eigenvalue weighted by Gasteiger charge is -2.13. The monoisotopic (exact) mass is 290 g/mol. The third-order valence-corrected chi connectivity index (χ3v) is 2.98. The molecule has 1 atom stereocenters. The van der Waals surface area contributed by atoms with Gasteiger partial charge in [0, 0.05) is 6.92 Å². The molecule has 1 aliphatic heterocycles. The molecule has 0 saturated carbocycles. The van der Waals surface area contributed by atoms with Crippen molar-refractivity contribution < 1.29 is 18.7 Å².